The number of allylic oxidation sites excluding steroid dienone is 1. The van der Waals surface area contributed by atoms with E-state index >= 15 is 0 Å². The van der Waals surface area contributed by atoms with Crippen molar-refractivity contribution in [2.24, 2.45) is 0 Å². The van der Waals surface area contributed by atoms with E-state index in [2.05, 4.69) is 4.98 Å². The van der Waals surface area contributed by atoms with Gasteiger partial charge in [0.15, 0.2) is 0 Å². The van der Waals surface area contributed by atoms with Crippen molar-refractivity contribution < 1.29 is 5.11 Å². The summed E-state index contributed by atoms with van der Waals surface area (Å²) >= 11 is 6.04. The van der Waals surface area contributed by atoms with Crippen LogP contribution >= 0.6 is 11.6 Å². The third-order valence-electron chi connectivity index (χ3n) is 2.25. The number of aromatic nitrogens is 2. The van der Waals surface area contributed by atoms with Crippen molar-refractivity contribution in [3.8, 4) is 0 Å². The Hall–Kier alpha value is -0.800. The lowest BCUT2D eigenvalue weighted by Gasteiger charge is -2.22. The second-order valence-electron chi connectivity index (χ2n) is 3.17. The van der Waals surface area contributed by atoms with E-state index in [1.54, 1.807) is 23.3 Å². The zero-order valence-electron chi connectivity index (χ0n) is 7.15. The first kappa shape index (κ1) is 8.78. The van der Waals surface area contributed by atoms with Crippen LogP contribution in [0.15, 0.2) is 23.8 Å². The van der Waals surface area contributed by atoms with Crippen molar-refractivity contribution in [1.29, 1.82) is 0 Å². The minimum Gasteiger partial charge on any atom is -0.387 e. The molecule has 0 spiro atoms. The third kappa shape index (κ3) is 1.62. The van der Waals surface area contributed by atoms with Crippen LogP contribution in [0.3, 0.4) is 0 Å². The van der Waals surface area contributed by atoms with Crippen molar-refractivity contribution in [1.82, 2.24) is 9.55 Å². The molecule has 70 valence electrons. The molecule has 0 radical (unpaired) electrons. The fourth-order valence-electron chi connectivity index (χ4n) is 1.61. The lowest BCUT2D eigenvalue weighted by molar-refractivity contribution is 0.207. The summed E-state index contributed by atoms with van der Waals surface area (Å²) in [7, 11) is 0. The van der Waals surface area contributed by atoms with Gasteiger partial charge in [-0.15, -0.1) is 0 Å². The van der Waals surface area contributed by atoms with Crippen LogP contribution in [0.5, 0.6) is 0 Å². The zero-order chi connectivity index (χ0) is 9.26. The van der Waals surface area contributed by atoms with Gasteiger partial charge in [0.2, 0.25) is 0 Å². The van der Waals surface area contributed by atoms with E-state index in [0.717, 1.165) is 30.0 Å². The van der Waals surface area contributed by atoms with Crippen molar-refractivity contribution in [2.45, 2.75) is 25.4 Å². The Bertz CT molecular complexity index is 318. The second kappa shape index (κ2) is 3.52. The van der Waals surface area contributed by atoms with E-state index in [1.807, 2.05) is 0 Å². The minimum atomic E-state index is -0.449. The quantitative estimate of drug-likeness (QED) is 0.748. The summed E-state index contributed by atoms with van der Waals surface area (Å²) in [5.41, 5.74) is 0.783. The van der Waals surface area contributed by atoms with Gasteiger partial charge in [-0.1, -0.05) is 11.6 Å². The molecule has 4 heteroatoms. The maximum absolute atomic E-state index is 9.72. The number of hydrogen-bond acceptors (Lipinski definition) is 2. The predicted molar refractivity (Wildman–Crippen MR) is 51.2 cm³/mol. The average Bonchev–Trinajstić information content (AvgIpc) is 2.57. The Morgan fingerprint density at radius 3 is 3.08 bits per heavy atom. The number of aliphatic hydroxyl groups is 1. The molecule has 0 aromatic carbocycles. The molecule has 1 aliphatic rings. The summed E-state index contributed by atoms with van der Waals surface area (Å²) < 4.78 is 1.78. The van der Waals surface area contributed by atoms with Crippen molar-refractivity contribution in [2.75, 3.05) is 0 Å². The molecular formula is C9H11ClN2O. The third-order valence-corrected chi connectivity index (χ3v) is 2.63. The predicted octanol–water partition coefficient (Wildman–Crippen LogP) is 1.84. The highest BCUT2D eigenvalue weighted by molar-refractivity contribution is 6.32. The summed E-state index contributed by atoms with van der Waals surface area (Å²) in [6.45, 7) is 0. The first-order chi connectivity index (χ1) is 6.29. The minimum absolute atomic E-state index is 0.449. The van der Waals surface area contributed by atoms with Crippen molar-refractivity contribution >= 4 is 17.3 Å². The first-order valence-electron chi connectivity index (χ1n) is 4.34. The number of nitrogens with zero attached hydrogens (tertiary/aromatic N) is 2. The number of rotatable bonds is 1. The molecule has 0 aliphatic heterocycles. The highest BCUT2D eigenvalue weighted by Gasteiger charge is 2.21. The molecule has 3 nitrogen and oxygen atoms in total. The number of hydrogen-bond donors (Lipinski definition) is 1. The zero-order valence-corrected chi connectivity index (χ0v) is 7.91. The maximum atomic E-state index is 9.72. The number of aliphatic hydroxyl groups excluding tert-OH is 1. The van der Waals surface area contributed by atoms with E-state index in [9.17, 15) is 5.11 Å². The molecule has 1 aromatic heterocycles. The fourth-order valence-corrected chi connectivity index (χ4v) is 1.97. The molecule has 1 atom stereocenters. The summed E-state index contributed by atoms with van der Waals surface area (Å²) in [5, 5.41) is 10.5. The molecule has 0 amide bonds. The molecule has 0 bridgehead atoms. The van der Waals surface area contributed by atoms with Gasteiger partial charge >= 0.3 is 0 Å². The smallest absolute Gasteiger partial charge is 0.0990 e. The van der Waals surface area contributed by atoms with Crippen LogP contribution in [-0.2, 0) is 0 Å². The molecule has 0 fully saturated rings. The van der Waals surface area contributed by atoms with E-state index in [1.165, 1.54) is 0 Å². The van der Waals surface area contributed by atoms with Crippen LogP contribution in [0.25, 0.3) is 5.70 Å². The molecule has 1 heterocycles. The van der Waals surface area contributed by atoms with Crippen molar-refractivity contribution in [3.05, 3.63) is 23.8 Å². The molecule has 2 rings (SSSR count). The molecule has 1 aromatic rings. The molecule has 0 saturated heterocycles. The van der Waals surface area contributed by atoms with Gasteiger partial charge in [-0.2, -0.15) is 0 Å². The number of imidazole rings is 1. The molecule has 1 N–H and O–H groups in total. The Labute approximate surface area is 81.7 Å². The monoisotopic (exact) mass is 198 g/mol. The summed E-state index contributed by atoms with van der Waals surface area (Å²) in [6.07, 6.45) is 7.28. The lowest BCUT2D eigenvalue weighted by atomic mass is 10.0. The standard InChI is InChI=1S/C9H11ClN2O/c10-7-2-1-3-8(13)9(7)12-5-4-11-6-12/h4-6,8,13H,1-3H2. The van der Waals surface area contributed by atoms with Gasteiger partial charge in [0, 0.05) is 17.4 Å². The molecule has 0 saturated carbocycles. The number of halogens is 1. The maximum Gasteiger partial charge on any atom is 0.0990 e. The van der Waals surface area contributed by atoms with Gasteiger partial charge in [-0.05, 0) is 19.3 Å². The first-order valence-corrected chi connectivity index (χ1v) is 4.72. The highest BCUT2D eigenvalue weighted by atomic mass is 35.5. The van der Waals surface area contributed by atoms with Crippen LogP contribution in [0, 0.1) is 0 Å². The fraction of sp³-hybridized carbons (Fsp3) is 0.444. The highest BCUT2D eigenvalue weighted by Crippen LogP contribution is 2.30. The van der Waals surface area contributed by atoms with Crippen LogP contribution < -0.4 is 0 Å². The van der Waals surface area contributed by atoms with Gasteiger partial charge in [-0.3, -0.25) is 0 Å². The summed E-state index contributed by atoms with van der Waals surface area (Å²) in [5.74, 6) is 0. The van der Waals surface area contributed by atoms with Crippen LogP contribution in [-0.4, -0.2) is 20.8 Å². The van der Waals surface area contributed by atoms with E-state index in [-0.39, 0.29) is 0 Å². The summed E-state index contributed by atoms with van der Waals surface area (Å²) in [4.78, 5) is 3.93. The Morgan fingerprint density at radius 1 is 1.62 bits per heavy atom. The Kier molecular flexibility index (Phi) is 2.38. The van der Waals surface area contributed by atoms with E-state index in [4.69, 9.17) is 11.6 Å². The van der Waals surface area contributed by atoms with Gasteiger partial charge in [0.1, 0.15) is 0 Å². The van der Waals surface area contributed by atoms with Gasteiger partial charge in [0.05, 0.1) is 18.1 Å². The van der Waals surface area contributed by atoms with Crippen LogP contribution in [0.4, 0.5) is 0 Å². The second-order valence-corrected chi connectivity index (χ2v) is 3.62. The average molecular weight is 199 g/mol. The lowest BCUT2D eigenvalue weighted by Crippen LogP contribution is -2.18. The van der Waals surface area contributed by atoms with Crippen LogP contribution in [0.1, 0.15) is 19.3 Å². The van der Waals surface area contributed by atoms with Crippen LogP contribution in [0.2, 0.25) is 0 Å². The van der Waals surface area contributed by atoms with Gasteiger partial charge in [-0.25, -0.2) is 4.98 Å². The van der Waals surface area contributed by atoms with E-state index in [0.29, 0.717) is 0 Å². The SMILES string of the molecule is OC1CCCC(Cl)=C1n1ccnc1. The van der Waals surface area contributed by atoms with E-state index < -0.39 is 6.10 Å². The topological polar surface area (TPSA) is 38.0 Å². The van der Waals surface area contributed by atoms with Gasteiger partial charge < -0.3 is 9.67 Å². The molecule has 1 unspecified atom stereocenters. The van der Waals surface area contributed by atoms with Crippen molar-refractivity contribution in [3.63, 3.8) is 0 Å². The molecular weight excluding hydrogens is 188 g/mol. The summed E-state index contributed by atoms with van der Waals surface area (Å²) in [6, 6.07) is 0. The van der Waals surface area contributed by atoms with Gasteiger partial charge in [0.25, 0.3) is 0 Å². The Morgan fingerprint density at radius 2 is 2.46 bits per heavy atom. The molecule has 1 aliphatic carbocycles. The molecule has 13 heavy (non-hydrogen) atoms. The normalized spacial score (nSPS) is 23.7. The largest absolute Gasteiger partial charge is 0.387 e. The Balaban J connectivity index is 2.39.